The van der Waals surface area contributed by atoms with Crippen LogP contribution in [-0.4, -0.2) is 19.5 Å². The van der Waals surface area contributed by atoms with Crippen molar-refractivity contribution in [1.29, 1.82) is 0 Å². The summed E-state index contributed by atoms with van der Waals surface area (Å²) < 4.78 is 4.72. The number of nitrogens with zero attached hydrogens (tertiary/aromatic N) is 4. The Morgan fingerprint density at radius 1 is 0.339 bits per heavy atom. The molecule has 0 saturated heterocycles. The molecule has 0 aliphatic heterocycles. The van der Waals surface area contributed by atoms with E-state index in [1.165, 1.54) is 43.1 Å². The molecular formula is C51H32N4S. The molecule has 56 heavy (non-hydrogen) atoms. The first kappa shape index (κ1) is 32.2. The molecule has 0 bridgehead atoms. The second-order valence-electron chi connectivity index (χ2n) is 14.0. The molecule has 11 rings (SSSR count). The van der Waals surface area contributed by atoms with Crippen molar-refractivity contribution in [3.8, 4) is 62.1 Å². The average molecular weight is 733 g/mol. The lowest BCUT2D eigenvalue weighted by Gasteiger charge is -2.10. The molecular weight excluding hydrogens is 701 g/mol. The summed E-state index contributed by atoms with van der Waals surface area (Å²) in [5.74, 6) is 1.96. The Morgan fingerprint density at radius 2 is 0.875 bits per heavy atom. The molecule has 5 heteroatoms. The van der Waals surface area contributed by atoms with Gasteiger partial charge in [0.2, 0.25) is 0 Å². The zero-order valence-corrected chi connectivity index (χ0v) is 31.0. The monoisotopic (exact) mass is 732 g/mol. The van der Waals surface area contributed by atoms with Crippen molar-refractivity contribution in [2.75, 3.05) is 0 Å². The SMILES string of the molecule is c1ccc(-c2ccc(-c3ccc4sc5c(-c6nc(-c7ccccc7)nc(-c7ccc8c(c7)c7ccccc7n8-c7ccccc7)n6)cccc5c4c3)cc2)cc1. The fraction of sp³-hybridized carbons (Fsp3) is 0. The lowest BCUT2D eigenvalue weighted by Crippen LogP contribution is -2.00. The molecule has 0 N–H and O–H groups in total. The van der Waals surface area contributed by atoms with Gasteiger partial charge in [-0.2, -0.15) is 0 Å². The Labute approximate surface area is 327 Å². The summed E-state index contributed by atoms with van der Waals surface area (Å²) in [5, 5.41) is 4.77. The molecule has 0 spiro atoms. The first-order chi connectivity index (χ1) is 27.7. The second kappa shape index (κ2) is 13.3. The second-order valence-corrected chi connectivity index (χ2v) is 15.1. The maximum Gasteiger partial charge on any atom is 0.165 e. The number of thiophene rings is 1. The summed E-state index contributed by atoms with van der Waals surface area (Å²) in [4.78, 5) is 15.5. The van der Waals surface area contributed by atoms with Crippen molar-refractivity contribution in [3.05, 3.63) is 194 Å². The van der Waals surface area contributed by atoms with E-state index in [0.717, 1.165) is 43.5 Å². The molecule has 0 atom stereocenters. The normalized spacial score (nSPS) is 11.6. The fourth-order valence-corrected chi connectivity index (χ4v) is 9.14. The Balaban J connectivity index is 1.05. The van der Waals surface area contributed by atoms with Crippen LogP contribution in [0.4, 0.5) is 0 Å². The van der Waals surface area contributed by atoms with Gasteiger partial charge in [-0.3, -0.25) is 0 Å². The average Bonchev–Trinajstić information content (AvgIpc) is 3.82. The first-order valence-electron chi connectivity index (χ1n) is 18.8. The smallest absolute Gasteiger partial charge is 0.165 e. The highest BCUT2D eigenvalue weighted by Gasteiger charge is 2.19. The minimum absolute atomic E-state index is 0.645. The van der Waals surface area contributed by atoms with Crippen LogP contribution in [0.25, 0.3) is 104 Å². The van der Waals surface area contributed by atoms with Crippen molar-refractivity contribution in [2.45, 2.75) is 0 Å². The number of rotatable bonds is 6. The summed E-state index contributed by atoms with van der Waals surface area (Å²) in [7, 11) is 0. The van der Waals surface area contributed by atoms with Crippen LogP contribution >= 0.6 is 11.3 Å². The van der Waals surface area contributed by atoms with E-state index >= 15 is 0 Å². The Hall–Kier alpha value is -7.21. The van der Waals surface area contributed by atoms with Crippen LogP contribution < -0.4 is 0 Å². The van der Waals surface area contributed by atoms with Gasteiger partial charge in [0.1, 0.15) is 0 Å². The molecule has 3 aromatic heterocycles. The molecule has 4 nitrogen and oxygen atoms in total. The van der Waals surface area contributed by atoms with E-state index in [4.69, 9.17) is 15.0 Å². The Bertz CT molecular complexity index is 3220. The van der Waals surface area contributed by atoms with Crippen LogP contribution in [0.3, 0.4) is 0 Å². The summed E-state index contributed by atoms with van der Waals surface area (Å²) >= 11 is 1.79. The van der Waals surface area contributed by atoms with Crippen LogP contribution in [0, 0.1) is 0 Å². The molecule has 0 aliphatic rings. The molecule has 0 unspecified atom stereocenters. The van der Waals surface area contributed by atoms with Gasteiger partial charge in [-0.05, 0) is 76.9 Å². The highest BCUT2D eigenvalue weighted by molar-refractivity contribution is 7.26. The quantitative estimate of drug-likeness (QED) is 0.171. The van der Waals surface area contributed by atoms with Crippen LogP contribution in [-0.2, 0) is 0 Å². The van der Waals surface area contributed by atoms with Gasteiger partial charge in [-0.25, -0.2) is 15.0 Å². The number of benzene rings is 8. The molecule has 0 saturated carbocycles. The Kier molecular flexibility index (Phi) is 7.64. The van der Waals surface area contributed by atoms with Crippen molar-refractivity contribution < 1.29 is 0 Å². The molecule has 11 aromatic rings. The van der Waals surface area contributed by atoms with Gasteiger partial charge in [0.25, 0.3) is 0 Å². The predicted octanol–water partition coefficient (Wildman–Crippen LogP) is 13.7. The molecule has 3 heterocycles. The zero-order chi connectivity index (χ0) is 37.0. The first-order valence-corrected chi connectivity index (χ1v) is 19.6. The zero-order valence-electron chi connectivity index (χ0n) is 30.2. The third kappa shape index (κ3) is 5.48. The summed E-state index contributed by atoms with van der Waals surface area (Å²) in [6.07, 6.45) is 0. The summed E-state index contributed by atoms with van der Waals surface area (Å²) in [6, 6.07) is 68.6. The van der Waals surface area contributed by atoms with Gasteiger partial charge < -0.3 is 4.57 Å². The third-order valence-corrected chi connectivity index (χ3v) is 11.9. The number of aromatic nitrogens is 4. The maximum atomic E-state index is 5.25. The fourth-order valence-electron chi connectivity index (χ4n) is 7.95. The lowest BCUT2D eigenvalue weighted by molar-refractivity contribution is 1.08. The molecule has 0 fully saturated rings. The Morgan fingerprint density at radius 3 is 1.64 bits per heavy atom. The van der Waals surface area contributed by atoms with Gasteiger partial charge >= 0.3 is 0 Å². The van der Waals surface area contributed by atoms with Crippen LogP contribution in [0.15, 0.2) is 194 Å². The van der Waals surface area contributed by atoms with Crippen molar-refractivity contribution in [2.24, 2.45) is 0 Å². The number of hydrogen-bond acceptors (Lipinski definition) is 4. The standard InChI is InChI=1S/C51H32N4S/c1-4-13-33(14-5-1)34-23-25-35(26-24-34)37-28-30-47-44(31-37)41-20-12-21-42(48(41)56-47)51-53-49(36-15-6-2-7-16-36)52-50(54-51)38-27-29-46-43(32-38)40-19-10-11-22-45(40)55(46)39-17-8-3-9-18-39/h1-32H. The van der Waals surface area contributed by atoms with Gasteiger partial charge in [-0.1, -0.05) is 140 Å². The van der Waals surface area contributed by atoms with Crippen LogP contribution in [0.1, 0.15) is 0 Å². The largest absolute Gasteiger partial charge is 0.309 e. The van der Waals surface area contributed by atoms with Crippen LogP contribution in [0.5, 0.6) is 0 Å². The number of para-hydroxylation sites is 2. The summed E-state index contributed by atoms with van der Waals surface area (Å²) in [5.41, 5.74) is 11.2. The van der Waals surface area contributed by atoms with Crippen molar-refractivity contribution >= 4 is 53.3 Å². The molecule has 0 radical (unpaired) electrons. The van der Waals surface area contributed by atoms with E-state index in [-0.39, 0.29) is 0 Å². The highest BCUT2D eigenvalue weighted by atomic mass is 32.1. The topological polar surface area (TPSA) is 43.6 Å². The van der Waals surface area contributed by atoms with Gasteiger partial charge in [0.15, 0.2) is 17.5 Å². The van der Waals surface area contributed by atoms with E-state index in [1.54, 1.807) is 11.3 Å². The minimum Gasteiger partial charge on any atom is -0.309 e. The minimum atomic E-state index is 0.645. The van der Waals surface area contributed by atoms with E-state index in [0.29, 0.717) is 17.5 Å². The van der Waals surface area contributed by atoms with Gasteiger partial charge in [0, 0.05) is 53.3 Å². The maximum absolute atomic E-state index is 5.25. The molecule has 0 amide bonds. The molecule has 0 aliphatic carbocycles. The van der Waals surface area contributed by atoms with Crippen LogP contribution in [0.2, 0.25) is 0 Å². The van der Waals surface area contributed by atoms with E-state index in [1.807, 2.05) is 18.2 Å². The molecule has 8 aromatic carbocycles. The highest BCUT2D eigenvalue weighted by Crippen LogP contribution is 2.42. The number of hydrogen-bond donors (Lipinski definition) is 0. The van der Waals surface area contributed by atoms with E-state index in [9.17, 15) is 0 Å². The van der Waals surface area contributed by atoms with Crippen molar-refractivity contribution in [3.63, 3.8) is 0 Å². The van der Waals surface area contributed by atoms with Crippen molar-refractivity contribution in [1.82, 2.24) is 19.5 Å². The third-order valence-electron chi connectivity index (χ3n) is 10.7. The predicted molar refractivity (Wildman–Crippen MR) is 234 cm³/mol. The van der Waals surface area contributed by atoms with E-state index in [2.05, 4.69) is 180 Å². The summed E-state index contributed by atoms with van der Waals surface area (Å²) in [6.45, 7) is 0. The van der Waals surface area contributed by atoms with Gasteiger partial charge in [0.05, 0.1) is 11.0 Å². The number of fused-ring (bicyclic) bond motifs is 6. The van der Waals surface area contributed by atoms with E-state index < -0.39 is 0 Å². The van der Waals surface area contributed by atoms with Gasteiger partial charge in [-0.15, -0.1) is 11.3 Å². The molecule has 262 valence electrons. The lowest BCUT2D eigenvalue weighted by atomic mass is 9.99.